The van der Waals surface area contributed by atoms with Gasteiger partial charge in [0.25, 0.3) is 5.56 Å². The molecule has 2 aromatic heterocycles. The van der Waals surface area contributed by atoms with Crippen molar-refractivity contribution in [1.82, 2.24) is 19.7 Å². The first-order chi connectivity index (χ1) is 13.0. The molecule has 27 heavy (non-hydrogen) atoms. The van der Waals surface area contributed by atoms with Gasteiger partial charge in [0, 0.05) is 21.4 Å². The van der Waals surface area contributed by atoms with Crippen LogP contribution in [0.4, 0.5) is 4.39 Å². The van der Waals surface area contributed by atoms with Crippen LogP contribution in [-0.2, 0) is 5.75 Å². The molecule has 9 heteroatoms. The van der Waals surface area contributed by atoms with Gasteiger partial charge in [-0.05, 0) is 36.4 Å². The van der Waals surface area contributed by atoms with Crippen LogP contribution in [0.15, 0.2) is 58.6 Å². The second-order valence-electron chi connectivity index (χ2n) is 5.63. The summed E-state index contributed by atoms with van der Waals surface area (Å²) < 4.78 is 15.5. The lowest BCUT2D eigenvalue weighted by molar-refractivity contribution is 0.617. The number of nitrogens with zero attached hydrogens (tertiary/aromatic N) is 3. The van der Waals surface area contributed by atoms with E-state index in [1.54, 1.807) is 41.1 Å². The van der Waals surface area contributed by atoms with E-state index in [0.717, 1.165) is 5.69 Å². The van der Waals surface area contributed by atoms with Crippen molar-refractivity contribution in [2.45, 2.75) is 10.9 Å². The van der Waals surface area contributed by atoms with Crippen LogP contribution in [0.3, 0.4) is 0 Å². The molecule has 0 aliphatic rings. The molecule has 2 heterocycles. The largest absolute Gasteiger partial charge is 0.301 e. The molecule has 2 aromatic carbocycles. The number of fused-ring (bicyclic) bond motifs is 1. The van der Waals surface area contributed by atoms with Gasteiger partial charge in [-0.25, -0.2) is 14.1 Å². The summed E-state index contributed by atoms with van der Waals surface area (Å²) in [6.45, 7) is 0. The van der Waals surface area contributed by atoms with Gasteiger partial charge in [-0.3, -0.25) is 4.79 Å². The number of aromatic nitrogens is 4. The highest BCUT2D eigenvalue weighted by atomic mass is 35.5. The molecule has 0 bridgehead atoms. The van der Waals surface area contributed by atoms with Crippen molar-refractivity contribution in [1.29, 1.82) is 0 Å². The maximum absolute atomic E-state index is 13.9. The first-order valence-corrected chi connectivity index (χ1v) is 9.57. The monoisotopic (exact) mass is 420 g/mol. The average molecular weight is 421 g/mol. The van der Waals surface area contributed by atoms with E-state index in [2.05, 4.69) is 15.1 Å². The second kappa shape index (κ2) is 7.34. The van der Waals surface area contributed by atoms with Crippen LogP contribution in [-0.4, -0.2) is 19.7 Å². The Hall–Kier alpha value is -2.35. The van der Waals surface area contributed by atoms with E-state index in [4.69, 9.17) is 23.2 Å². The maximum atomic E-state index is 13.9. The predicted molar refractivity (Wildman–Crippen MR) is 105 cm³/mol. The zero-order valence-corrected chi connectivity index (χ0v) is 15.9. The molecule has 0 aliphatic heterocycles. The number of aromatic amines is 1. The molecular formula is C18H11Cl2FN4OS. The fourth-order valence-corrected chi connectivity index (χ4v) is 3.87. The number of hydrogen-bond acceptors (Lipinski definition) is 4. The van der Waals surface area contributed by atoms with E-state index in [1.165, 1.54) is 24.0 Å². The highest BCUT2D eigenvalue weighted by molar-refractivity contribution is 7.98. The first-order valence-electron chi connectivity index (χ1n) is 7.82. The molecule has 4 rings (SSSR count). The Morgan fingerprint density at radius 1 is 1.15 bits per heavy atom. The highest BCUT2D eigenvalue weighted by Crippen LogP contribution is 2.27. The molecule has 0 unspecified atom stereocenters. The zero-order valence-electron chi connectivity index (χ0n) is 13.6. The summed E-state index contributed by atoms with van der Waals surface area (Å²) >= 11 is 13.2. The molecule has 0 amide bonds. The number of H-pyrrole nitrogens is 1. The van der Waals surface area contributed by atoms with Gasteiger partial charge in [0.15, 0.2) is 10.8 Å². The minimum Gasteiger partial charge on any atom is -0.301 e. The molecule has 0 aliphatic carbocycles. The molecule has 0 saturated heterocycles. The summed E-state index contributed by atoms with van der Waals surface area (Å²) in [6, 6.07) is 11.5. The number of hydrogen-bond donors (Lipinski definition) is 1. The molecule has 5 nitrogen and oxygen atoms in total. The summed E-state index contributed by atoms with van der Waals surface area (Å²) in [5, 5.41) is 5.88. The molecule has 0 saturated carbocycles. The van der Waals surface area contributed by atoms with Crippen LogP contribution in [0.2, 0.25) is 10.0 Å². The van der Waals surface area contributed by atoms with E-state index in [1.807, 2.05) is 0 Å². The SMILES string of the molecule is O=c1[nH]c(SCc2c(F)cccc2Cl)nc2c1cnn2-c1ccc(Cl)cc1. The van der Waals surface area contributed by atoms with Gasteiger partial charge in [0.2, 0.25) is 0 Å². The van der Waals surface area contributed by atoms with Crippen LogP contribution in [0.25, 0.3) is 16.7 Å². The lowest BCUT2D eigenvalue weighted by Gasteiger charge is -2.06. The van der Waals surface area contributed by atoms with Crippen LogP contribution < -0.4 is 5.56 Å². The van der Waals surface area contributed by atoms with E-state index < -0.39 is 5.82 Å². The lowest BCUT2D eigenvalue weighted by atomic mass is 10.2. The molecule has 0 fully saturated rings. The minimum absolute atomic E-state index is 0.231. The van der Waals surface area contributed by atoms with Gasteiger partial charge in [-0.2, -0.15) is 5.10 Å². The summed E-state index contributed by atoms with van der Waals surface area (Å²) in [6.07, 6.45) is 1.46. The zero-order chi connectivity index (χ0) is 19.0. The van der Waals surface area contributed by atoms with E-state index >= 15 is 0 Å². The van der Waals surface area contributed by atoms with Crippen molar-refractivity contribution in [2.24, 2.45) is 0 Å². The van der Waals surface area contributed by atoms with Crippen molar-refractivity contribution in [2.75, 3.05) is 0 Å². The smallest absolute Gasteiger partial charge is 0.262 e. The highest BCUT2D eigenvalue weighted by Gasteiger charge is 2.13. The Labute approximate surface area is 167 Å². The fourth-order valence-electron chi connectivity index (χ4n) is 2.55. The van der Waals surface area contributed by atoms with Gasteiger partial charge < -0.3 is 4.98 Å². The van der Waals surface area contributed by atoms with E-state index in [9.17, 15) is 9.18 Å². The third-order valence-electron chi connectivity index (χ3n) is 3.90. The van der Waals surface area contributed by atoms with Crippen LogP contribution in [0.5, 0.6) is 0 Å². The number of nitrogens with one attached hydrogen (secondary N) is 1. The number of benzene rings is 2. The van der Waals surface area contributed by atoms with Crippen LogP contribution in [0, 0.1) is 5.82 Å². The van der Waals surface area contributed by atoms with Gasteiger partial charge in [-0.15, -0.1) is 0 Å². The van der Waals surface area contributed by atoms with Gasteiger partial charge in [0.1, 0.15) is 11.2 Å². The maximum Gasteiger partial charge on any atom is 0.262 e. The molecule has 4 aromatic rings. The van der Waals surface area contributed by atoms with Gasteiger partial charge in [-0.1, -0.05) is 41.0 Å². The minimum atomic E-state index is -0.398. The van der Waals surface area contributed by atoms with Gasteiger partial charge in [0.05, 0.1) is 11.9 Å². The lowest BCUT2D eigenvalue weighted by Crippen LogP contribution is -2.10. The summed E-state index contributed by atoms with van der Waals surface area (Å²) in [5.74, 6) is -0.167. The molecule has 136 valence electrons. The summed E-state index contributed by atoms with van der Waals surface area (Å²) in [5.41, 5.74) is 1.17. The molecule has 0 atom stereocenters. The van der Waals surface area contributed by atoms with E-state index in [0.29, 0.717) is 31.8 Å². The van der Waals surface area contributed by atoms with Crippen molar-refractivity contribution in [3.8, 4) is 5.69 Å². The third-order valence-corrected chi connectivity index (χ3v) is 5.41. The fraction of sp³-hybridized carbons (Fsp3) is 0.0556. The summed E-state index contributed by atoms with van der Waals surface area (Å²) in [7, 11) is 0. The quantitative estimate of drug-likeness (QED) is 0.378. The van der Waals surface area contributed by atoms with Crippen molar-refractivity contribution in [3.05, 3.63) is 80.4 Å². The van der Waals surface area contributed by atoms with Crippen molar-refractivity contribution < 1.29 is 4.39 Å². The molecule has 1 N–H and O–H groups in total. The second-order valence-corrected chi connectivity index (χ2v) is 7.44. The Morgan fingerprint density at radius 3 is 2.67 bits per heavy atom. The third kappa shape index (κ3) is 3.58. The first kappa shape index (κ1) is 18.0. The Kier molecular flexibility index (Phi) is 4.90. The average Bonchev–Trinajstić information content (AvgIpc) is 3.06. The normalized spacial score (nSPS) is 11.2. The molecule has 0 radical (unpaired) electrons. The van der Waals surface area contributed by atoms with Crippen LogP contribution in [0.1, 0.15) is 5.56 Å². The van der Waals surface area contributed by atoms with Crippen molar-refractivity contribution in [3.63, 3.8) is 0 Å². The summed E-state index contributed by atoms with van der Waals surface area (Å²) in [4.78, 5) is 19.5. The Morgan fingerprint density at radius 2 is 1.93 bits per heavy atom. The number of halogens is 3. The van der Waals surface area contributed by atoms with Gasteiger partial charge >= 0.3 is 0 Å². The Balaban J connectivity index is 1.71. The number of rotatable bonds is 4. The predicted octanol–water partition coefficient (Wildman–Crippen LogP) is 4.85. The Bertz CT molecular complexity index is 1170. The van der Waals surface area contributed by atoms with Crippen molar-refractivity contribution >= 4 is 46.0 Å². The molecule has 0 spiro atoms. The molecular weight excluding hydrogens is 410 g/mol. The topological polar surface area (TPSA) is 63.6 Å². The van der Waals surface area contributed by atoms with E-state index in [-0.39, 0.29) is 11.3 Å². The number of thioether (sulfide) groups is 1. The standard InChI is InChI=1S/C18H11Cl2FN4OS/c19-10-4-6-11(7-5-10)25-16-12(8-22-25)17(26)24-18(23-16)27-9-13-14(20)2-1-3-15(13)21/h1-8H,9H2,(H,23,24,26). The van der Waals surface area contributed by atoms with Crippen LogP contribution >= 0.6 is 35.0 Å².